The van der Waals surface area contributed by atoms with Crippen molar-refractivity contribution in [2.45, 2.75) is 21.9 Å². The average Bonchev–Trinajstić information content (AvgIpc) is 3.43. The topological polar surface area (TPSA) is 71.3 Å². The molecule has 1 aliphatic heterocycles. The van der Waals surface area contributed by atoms with Crippen molar-refractivity contribution in [3.63, 3.8) is 0 Å². The zero-order chi connectivity index (χ0) is 23.7. The van der Waals surface area contributed by atoms with Crippen LogP contribution >= 0.6 is 51.2 Å². The molecule has 0 spiro atoms. The van der Waals surface area contributed by atoms with Crippen LogP contribution in [0.3, 0.4) is 0 Å². The third kappa shape index (κ3) is 4.72. The first-order valence-corrected chi connectivity index (χ1v) is 13.1. The lowest BCUT2D eigenvalue weighted by Gasteiger charge is -2.27. The normalized spacial score (nSPS) is 17.6. The highest BCUT2D eigenvalue weighted by molar-refractivity contribution is 9.11. The Balaban J connectivity index is 1.43. The van der Waals surface area contributed by atoms with E-state index in [4.69, 9.17) is 12.2 Å². The highest BCUT2D eigenvalue weighted by Gasteiger charge is 2.41. The number of rotatable bonds is 6. The van der Waals surface area contributed by atoms with Gasteiger partial charge >= 0.3 is 0 Å². The van der Waals surface area contributed by atoms with Crippen LogP contribution < -0.4 is 10.2 Å². The first kappa shape index (κ1) is 23.0. The van der Waals surface area contributed by atoms with Gasteiger partial charge in [0.1, 0.15) is 0 Å². The fourth-order valence-corrected chi connectivity index (χ4v) is 6.57. The van der Waals surface area contributed by atoms with Crippen molar-refractivity contribution in [1.82, 2.24) is 10.3 Å². The quantitative estimate of drug-likeness (QED) is 0.150. The van der Waals surface area contributed by atoms with Gasteiger partial charge in [0.15, 0.2) is 5.11 Å². The van der Waals surface area contributed by atoms with E-state index in [9.17, 15) is 10.1 Å². The molecule has 2 atom stereocenters. The van der Waals surface area contributed by atoms with E-state index in [1.165, 1.54) is 17.0 Å². The number of aromatic nitrogens is 1. The van der Waals surface area contributed by atoms with Crippen LogP contribution in [0.5, 0.6) is 0 Å². The average molecular weight is 570 g/mol. The molecule has 1 saturated heterocycles. The molecular formula is C24H17BrN4O2S3. The summed E-state index contributed by atoms with van der Waals surface area (Å²) >= 11 is 12.6. The molecule has 4 aromatic rings. The van der Waals surface area contributed by atoms with E-state index in [1.54, 1.807) is 41.4 Å². The monoisotopic (exact) mass is 568 g/mol. The summed E-state index contributed by atoms with van der Waals surface area (Å²) in [5.41, 5.74) is 2.01. The Hall–Kier alpha value is -2.79. The second kappa shape index (κ2) is 9.83. The molecule has 6 nitrogen and oxygen atoms in total. The summed E-state index contributed by atoms with van der Waals surface area (Å²) in [6.07, 6.45) is 1.80. The maximum Gasteiger partial charge on any atom is 0.269 e. The number of hydrogen-bond donors (Lipinski definition) is 1. The third-order valence-corrected chi connectivity index (χ3v) is 8.41. The van der Waals surface area contributed by atoms with Crippen LogP contribution in [0.4, 0.5) is 11.4 Å². The molecule has 10 heteroatoms. The Kier molecular flexibility index (Phi) is 6.64. The lowest BCUT2D eigenvalue weighted by atomic mass is 10.0. The van der Waals surface area contributed by atoms with E-state index in [1.807, 2.05) is 30.3 Å². The molecule has 2 aromatic heterocycles. The van der Waals surface area contributed by atoms with E-state index < -0.39 is 4.92 Å². The molecule has 170 valence electrons. The number of non-ortho nitro benzene ring substituents is 1. The Morgan fingerprint density at radius 3 is 2.32 bits per heavy atom. The zero-order valence-corrected chi connectivity index (χ0v) is 21.5. The van der Waals surface area contributed by atoms with Crippen molar-refractivity contribution >= 4 is 67.7 Å². The number of nitrogens with zero attached hydrogens (tertiary/aromatic N) is 3. The van der Waals surface area contributed by atoms with Gasteiger partial charge in [-0.1, -0.05) is 17.8 Å². The summed E-state index contributed by atoms with van der Waals surface area (Å²) < 4.78 is 1.06. The second-order valence-corrected chi connectivity index (χ2v) is 11.5. The first-order chi connectivity index (χ1) is 16.5. The minimum absolute atomic E-state index is 0.0353. The summed E-state index contributed by atoms with van der Waals surface area (Å²) in [4.78, 5) is 20.4. The van der Waals surface area contributed by atoms with E-state index in [2.05, 4.69) is 55.4 Å². The number of thiophene rings is 1. The summed E-state index contributed by atoms with van der Waals surface area (Å²) in [5, 5.41) is 15.0. The molecule has 5 rings (SSSR count). The number of hydrogen-bond acceptors (Lipinski definition) is 6. The van der Waals surface area contributed by atoms with Crippen LogP contribution in [-0.2, 0) is 0 Å². The largest absolute Gasteiger partial charge is 0.351 e. The number of halogens is 1. The van der Waals surface area contributed by atoms with Gasteiger partial charge < -0.3 is 10.2 Å². The number of nitro groups is 1. The number of thiocarbonyl (C=S) groups is 1. The van der Waals surface area contributed by atoms with Gasteiger partial charge in [-0.3, -0.25) is 15.1 Å². The van der Waals surface area contributed by atoms with Gasteiger partial charge in [-0.05, 0) is 88.8 Å². The second-order valence-electron chi connectivity index (χ2n) is 7.49. The molecule has 1 aliphatic rings. The number of anilines is 1. The van der Waals surface area contributed by atoms with Gasteiger partial charge in [0.05, 0.1) is 26.5 Å². The number of nitro benzene ring substituents is 1. The van der Waals surface area contributed by atoms with Crippen molar-refractivity contribution in [3.05, 3.63) is 110 Å². The molecule has 0 amide bonds. The lowest BCUT2D eigenvalue weighted by Crippen LogP contribution is -2.29. The van der Waals surface area contributed by atoms with E-state index in [0.717, 1.165) is 25.0 Å². The Morgan fingerprint density at radius 2 is 1.74 bits per heavy atom. The van der Waals surface area contributed by atoms with Gasteiger partial charge in [-0.15, -0.1) is 11.3 Å². The molecule has 0 unspecified atom stereocenters. The molecule has 0 saturated carbocycles. The highest BCUT2D eigenvalue weighted by atomic mass is 79.9. The van der Waals surface area contributed by atoms with Crippen molar-refractivity contribution in [2.75, 3.05) is 4.90 Å². The molecule has 1 N–H and O–H groups in total. The van der Waals surface area contributed by atoms with Crippen molar-refractivity contribution in [1.29, 1.82) is 0 Å². The molecule has 3 heterocycles. The van der Waals surface area contributed by atoms with Gasteiger partial charge in [-0.25, -0.2) is 0 Å². The molecule has 0 aliphatic carbocycles. The molecule has 2 aromatic carbocycles. The van der Waals surface area contributed by atoms with Gasteiger partial charge in [-0.2, -0.15) is 0 Å². The summed E-state index contributed by atoms with van der Waals surface area (Å²) in [6, 6.07) is 24.7. The summed E-state index contributed by atoms with van der Waals surface area (Å²) in [5.74, 6) is 0. The van der Waals surface area contributed by atoms with E-state index in [0.29, 0.717) is 5.11 Å². The molecule has 0 radical (unpaired) electrons. The number of pyridine rings is 1. The predicted molar refractivity (Wildman–Crippen MR) is 144 cm³/mol. The minimum Gasteiger partial charge on any atom is -0.351 e. The molecule has 34 heavy (non-hydrogen) atoms. The maximum absolute atomic E-state index is 10.9. The molecular weight excluding hydrogens is 552 g/mol. The minimum atomic E-state index is -0.392. The van der Waals surface area contributed by atoms with Gasteiger partial charge in [0.2, 0.25) is 0 Å². The van der Waals surface area contributed by atoms with Crippen LogP contribution in [0.25, 0.3) is 0 Å². The zero-order valence-electron chi connectivity index (χ0n) is 17.5. The van der Waals surface area contributed by atoms with Crippen LogP contribution in [-0.4, -0.2) is 15.0 Å². The van der Waals surface area contributed by atoms with Crippen molar-refractivity contribution in [2.24, 2.45) is 0 Å². The summed E-state index contributed by atoms with van der Waals surface area (Å²) in [7, 11) is 0. The first-order valence-electron chi connectivity index (χ1n) is 10.3. The molecule has 1 fully saturated rings. The molecule has 0 bridgehead atoms. The number of benzene rings is 2. The van der Waals surface area contributed by atoms with E-state index >= 15 is 0 Å². The van der Waals surface area contributed by atoms with Crippen LogP contribution in [0.15, 0.2) is 98.6 Å². The third-order valence-electron chi connectivity index (χ3n) is 5.38. The number of nitrogens with one attached hydrogen (secondary N) is 1. The lowest BCUT2D eigenvalue weighted by molar-refractivity contribution is -0.384. The smallest absolute Gasteiger partial charge is 0.269 e. The van der Waals surface area contributed by atoms with Gasteiger partial charge in [0.25, 0.3) is 5.69 Å². The Bertz CT molecular complexity index is 1330. The van der Waals surface area contributed by atoms with Crippen molar-refractivity contribution in [3.8, 4) is 0 Å². The Morgan fingerprint density at radius 1 is 1.03 bits per heavy atom. The highest BCUT2D eigenvalue weighted by Crippen LogP contribution is 2.44. The Labute approximate surface area is 218 Å². The maximum atomic E-state index is 10.9. The van der Waals surface area contributed by atoms with Gasteiger partial charge in [0, 0.05) is 38.7 Å². The standard InChI is InChI=1S/C24H17BrN4O2S3/c25-21-13-12-20(34-21)23-22(19-3-1-2-14-26-19)27-24(32)28(23)15-4-8-17(9-5-15)33-18-10-6-16(7-11-18)29(30)31/h1-14,22-23H,(H,27,32)/t22-,23+/m1/s1. The van der Waals surface area contributed by atoms with Crippen LogP contribution in [0.1, 0.15) is 22.7 Å². The van der Waals surface area contributed by atoms with E-state index in [-0.39, 0.29) is 17.8 Å². The summed E-state index contributed by atoms with van der Waals surface area (Å²) in [6.45, 7) is 0. The van der Waals surface area contributed by atoms with Crippen LogP contribution in [0.2, 0.25) is 0 Å². The fraction of sp³-hybridized carbons (Fsp3) is 0.0833. The predicted octanol–water partition coefficient (Wildman–Crippen LogP) is 7.14. The van der Waals surface area contributed by atoms with Crippen LogP contribution in [0, 0.1) is 10.1 Å². The SMILES string of the molecule is O=[N+]([O-])c1ccc(Sc2ccc(N3C(=S)N[C@H](c4ccccn4)[C@@H]3c3ccc(Br)s3)cc2)cc1. The van der Waals surface area contributed by atoms with Crippen molar-refractivity contribution < 1.29 is 4.92 Å². The fourth-order valence-electron chi connectivity index (χ4n) is 3.86.